The minimum absolute atomic E-state index is 0.196. The SMILES string of the molecule is Cc1nc(Nc2ccccc2)sc1C(=O)Nc1ccc2c(c1)OCCO2. The van der Waals surface area contributed by atoms with Crippen LogP contribution < -0.4 is 20.1 Å². The fourth-order valence-corrected chi connectivity index (χ4v) is 3.50. The van der Waals surface area contributed by atoms with E-state index in [9.17, 15) is 4.79 Å². The van der Waals surface area contributed by atoms with Crippen LogP contribution in [-0.4, -0.2) is 24.1 Å². The maximum atomic E-state index is 12.6. The van der Waals surface area contributed by atoms with Crippen LogP contribution in [0.15, 0.2) is 48.5 Å². The number of rotatable bonds is 4. The number of benzene rings is 2. The predicted molar refractivity (Wildman–Crippen MR) is 102 cm³/mol. The molecule has 0 bridgehead atoms. The first kappa shape index (κ1) is 16.4. The van der Waals surface area contributed by atoms with E-state index >= 15 is 0 Å². The highest BCUT2D eigenvalue weighted by Crippen LogP contribution is 2.33. The van der Waals surface area contributed by atoms with Crippen molar-refractivity contribution in [2.75, 3.05) is 23.8 Å². The van der Waals surface area contributed by atoms with Crippen molar-refractivity contribution in [2.45, 2.75) is 6.92 Å². The molecule has 1 aromatic heterocycles. The molecule has 0 saturated carbocycles. The van der Waals surface area contributed by atoms with Crippen molar-refractivity contribution in [3.63, 3.8) is 0 Å². The zero-order valence-electron chi connectivity index (χ0n) is 14.1. The summed E-state index contributed by atoms with van der Waals surface area (Å²) in [7, 11) is 0. The number of aryl methyl sites for hydroxylation is 1. The molecule has 2 heterocycles. The third-order valence-electron chi connectivity index (χ3n) is 3.83. The lowest BCUT2D eigenvalue weighted by atomic mass is 10.2. The number of anilines is 3. The van der Waals surface area contributed by atoms with Crippen LogP contribution in [0.2, 0.25) is 0 Å². The number of nitrogens with one attached hydrogen (secondary N) is 2. The van der Waals surface area contributed by atoms with Gasteiger partial charge < -0.3 is 20.1 Å². The van der Waals surface area contributed by atoms with Crippen molar-refractivity contribution >= 4 is 33.8 Å². The molecule has 0 radical (unpaired) electrons. The summed E-state index contributed by atoms with van der Waals surface area (Å²) in [6, 6.07) is 15.1. The van der Waals surface area contributed by atoms with E-state index in [1.807, 2.05) is 37.3 Å². The normalized spacial score (nSPS) is 12.5. The van der Waals surface area contributed by atoms with Gasteiger partial charge >= 0.3 is 0 Å². The maximum Gasteiger partial charge on any atom is 0.267 e. The molecule has 4 rings (SSSR count). The molecule has 0 saturated heterocycles. The highest BCUT2D eigenvalue weighted by molar-refractivity contribution is 7.17. The maximum absolute atomic E-state index is 12.6. The van der Waals surface area contributed by atoms with Gasteiger partial charge in [-0.25, -0.2) is 4.98 Å². The summed E-state index contributed by atoms with van der Waals surface area (Å²) in [5.74, 6) is 1.14. The second-order valence-corrected chi connectivity index (χ2v) is 6.74. The van der Waals surface area contributed by atoms with Crippen LogP contribution in [0, 0.1) is 6.92 Å². The van der Waals surface area contributed by atoms with Gasteiger partial charge in [-0.3, -0.25) is 4.79 Å². The molecular weight excluding hydrogens is 350 g/mol. The van der Waals surface area contributed by atoms with Gasteiger partial charge in [-0.1, -0.05) is 29.5 Å². The molecule has 0 spiro atoms. The summed E-state index contributed by atoms with van der Waals surface area (Å²) in [5.41, 5.74) is 2.27. The lowest BCUT2D eigenvalue weighted by molar-refractivity contribution is 0.102. The largest absolute Gasteiger partial charge is 0.486 e. The number of hydrogen-bond acceptors (Lipinski definition) is 6. The molecule has 0 atom stereocenters. The summed E-state index contributed by atoms with van der Waals surface area (Å²) < 4.78 is 11.0. The molecule has 0 fully saturated rings. The fourth-order valence-electron chi connectivity index (χ4n) is 2.61. The number of thiazole rings is 1. The molecule has 1 aliphatic heterocycles. The van der Waals surface area contributed by atoms with Gasteiger partial charge in [0.2, 0.25) is 0 Å². The van der Waals surface area contributed by atoms with Crippen molar-refractivity contribution in [1.82, 2.24) is 4.98 Å². The third-order valence-corrected chi connectivity index (χ3v) is 4.90. The molecule has 1 amide bonds. The van der Waals surface area contributed by atoms with E-state index < -0.39 is 0 Å². The Hall–Kier alpha value is -3.06. The van der Waals surface area contributed by atoms with Crippen molar-refractivity contribution in [1.29, 1.82) is 0 Å². The van der Waals surface area contributed by atoms with E-state index in [2.05, 4.69) is 15.6 Å². The lowest BCUT2D eigenvalue weighted by Gasteiger charge is -2.18. The van der Waals surface area contributed by atoms with Gasteiger partial charge in [0.1, 0.15) is 18.1 Å². The topological polar surface area (TPSA) is 72.5 Å². The average Bonchev–Trinajstić information content (AvgIpc) is 3.03. The number of nitrogens with zero attached hydrogens (tertiary/aromatic N) is 1. The Bertz CT molecular complexity index is 940. The monoisotopic (exact) mass is 367 g/mol. The van der Waals surface area contributed by atoms with Crippen molar-refractivity contribution in [3.8, 4) is 11.5 Å². The molecule has 1 aliphatic rings. The predicted octanol–water partition coefficient (Wildman–Crippen LogP) is 4.22. The third kappa shape index (κ3) is 3.48. The summed E-state index contributed by atoms with van der Waals surface area (Å²) in [6.45, 7) is 2.87. The molecule has 7 heteroatoms. The first-order valence-corrected chi connectivity index (χ1v) is 9.01. The van der Waals surface area contributed by atoms with Crippen molar-refractivity contribution < 1.29 is 14.3 Å². The number of para-hydroxylation sites is 1. The second-order valence-electron chi connectivity index (χ2n) is 5.74. The van der Waals surface area contributed by atoms with Gasteiger partial charge in [0.15, 0.2) is 16.6 Å². The Morgan fingerprint density at radius 2 is 1.81 bits per heavy atom. The molecule has 2 aromatic carbocycles. The molecule has 3 aromatic rings. The molecule has 26 heavy (non-hydrogen) atoms. The van der Waals surface area contributed by atoms with Crippen molar-refractivity contribution in [2.24, 2.45) is 0 Å². The van der Waals surface area contributed by atoms with Gasteiger partial charge in [0.05, 0.1) is 5.69 Å². The number of carbonyl (C=O) groups is 1. The minimum atomic E-state index is -0.196. The number of carbonyl (C=O) groups excluding carboxylic acids is 1. The van der Waals surface area contributed by atoms with Gasteiger partial charge in [0, 0.05) is 17.4 Å². The van der Waals surface area contributed by atoms with Gasteiger partial charge in [-0.15, -0.1) is 0 Å². The zero-order valence-corrected chi connectivity index (χ0v) is 14.9. The Morgan fingerprint density at radius 3 is 2.62 bits per heavy atom. The first-order chi connectivity index (χ1) is 12.7. The van der Waals surface area contributed by atoms with Crippen LogP contribution in [0.5, 0.6) is 11.5 Å². The highest BCUT2D eigenvalue weighted by atomic mass is 32.1. The molecular formula is C19H17N3O3S. The number of hydrogen-bond donors (Lipinski definition) is 2. The molecule has 132 valence electrons. The smallest absolute Gasteiger partial charge is 0.267 e. The summed E-state index contributed by atoms with van der Waals surface area (Å²) in [6.07, 6.45) is 0. The van der Waals surface area contributed by atoms with Crippen LogP contribution in [-0.2, 0) is 0 Å². The van der Waals surface area contributed by atoms with Crippen LogP contribution in [0.1, 0.15) is 15.4 Å². The standard InChI is InChI=1S/C19H17N3O3S/c1-12-17(26-19(20-12)22-13-5-3-2-4-6-13)18(23)21-14-7-8-15-16(11-14)25-10-9-24-15/h2-8,11H,9-10H2,1H3,(H,20,22)(H,21,23). The van der Waals surface area contributed by atoms with Crippen LogP contribution in [0.4, 0.5) is 16.5 Å². The molecule has 2 N–H and O–H groups in total. The second kappa shape index (κ2) is 7.05. The number of ether oxygens (including phenoxy) is 2. The molecule has 0 aliphatic carbocycles. The van der Waals surface area contributed by atoms with E-state index in [1.165, 1.54) is 11.3 Å². The molecule has 0 unspecified atom stereocenters. The van der Waals surface area contributed by atoms with E-state index in [0.29, 0.717) is 46.1 Å². The summed E-state index contributed by atoms with van der Waals surface area (Å²) in [5, 5.41) is 6.79. The Kier molecular flexibility index (Phi) is 4.45. The van der Waals surface area contributed by atoms with Crippen LogP contribution in [0.25, 0.3) is 0 Å². The first-order valence-electron chi connectivity index (χ1n) is 8.19. The summed E-state index contributed by atoms with van der Waals surface area (Å²) >= 11 is 1.32. The van der Waals surface area contributed by atoms with Gasteiger partial charge in [0.25, 0.3) is 5.91 Å². The van der Waals surface area contributed by atoms with E-state index in [-0.39, 0.29) is 5.91 Å². The van der Waals surface area contributed by atoms with E-state index in [4.69, 9.17) is 9.47 Å². The molecule has 6 nitrogen and oxygen atoms in total. The number of amides is 1. The quantitative estimate of drug-likeness (QED) is 0.722. The lowest BCUT2D eigenvalue weighted by Crippen LogP contribution is -2.16. The minimum Gasteiger partial charge on any atom is -0.486 e. The fraction of sp³-hybridized carbons (Fsp3) is 0.158. The highest BCUT2D eigenvalue weighted by Gasteiger charge is 2.17. The number of aromatic nitrogens is 1. The van der Waals surface area contributed by atoms with E-state index in [0.717, 1.165) is 5.69 Å². The Morgan fingerprint density at radius 1 is 1.04 bits per heavy atom. The Balaban J connectivity index is 1.50. The van der Waals surface area contributed by atoms with Crippen LogP contribution in [0.3, 0.4) is 0 Å². The van der Waals surface area contributed by atoms with Gasteiger partial charge in [-0.2, -0.15) is 0 Å². The summed E-state index contributed by atoms with van der Waals surface area (Å²) in [4.78, 5) is 17.6. The van der Waals surface area contributed by atoms with Gasteiger partial charge in [-0.05, 0) is 31.2 Å². The van der Waals surface area contributed by atoms with E-state index in [1.54, 1.807) is 18.2 Å². The average molecular weight is 367 g/mol. The Labute approximate surface area is 154 Å². The van der Waals surface area contributed by atoms with Crippen molar-refractivity contribution in [3.05, 3.63) is 59.1 Å². The van der Waals surface area contributed by atoms with Crippen LogP contribution >= 0.6 is 11.3 Å². The zero-order chi connectivity index (χ0) is 17.9. The number of fused-ring (bicyclic) bond motifs is 1.